The van der Waals surface area contributed by atoms with Gasteiger partial charge in [0.15, 0.2) is 11.5 Å². The van der Waals surface area contributed by atoms with Crippen LogP contribution in [-0.2, 0) is 14.3 Å². The Morgan fingerprint density at radius 1 is 1.03 bits per heavy atom. The van der Waals surface area contributed by atoms with Gasteiger partial charge in [-0.05, 0) is 34.5 Å². The van der Waals surface area contributed by atoms with E-state index in [-0.39, 0.29) is 24.5 Å². The lowest BCUT2D eigenvalue weighted by molar-refractivity contribution is -0.140. The predicted octanol–water partition coefficient (Wildman–Crippen LogP) is 3.68. The smallest absolute Gasteiger partial charge is 0.295 e. The number of carbonyl (C=O) groups excluding carboxylic acids is 2. The molecule has 0 radical (unpaired) electrons. The molecule has 3 aromatic carbocycles. The maximum absolute atomic E-state index is 13.2. The Hall–Kier alpha value is -3.84. The van der Waals surface area contributed by atoms with Crippen LogP contribution < -0.4 is 9.47 Å². The van der Waals surface area contributed by atoms with Gasteiger partial charge >= 0.3 is 0 Å². The van der Waals surface area contributed by atoms with Crippen LogP contribution in [-0.4, -0.2) is 55.2 Å². The number of hydrogen-bond donors (Lipinski definition) is 1. The van der Waals surface area contributed by atoms with Gasteiger partial charge in [-0.3, -0.25) is 9.59 Å². The minimum Gasteiger partial charge on any atom is -0.507 e. The first kappa shape index (κ1) is 21.0. The summed E-state index contributed by atoms with van der Waals surface area (Å²) < 4.78 is 16.4. The zero-order valence-corrected chi connectivity index (χ0v) is 18.1. The van der Waals surface area contributed by atoms with Crippen LogP contribution in [0.3, 0.4) is 0 Å². The number of aliphatic hydroxyl groups is 1. The van der Waals surface area contributed by atoms with E-state index < -0.39 is 17.7 Å². The first-order chi connectivity index (χ1) is 16.1. The molecule has 7 nitrogen and oxygen atoms in total. The van der Waals surface area contributed by atoms with Crippen LogP contribution in [0.5, 0.6) is 11.5 Å². The Morgan fingerprint density at radius 3 is 2.61 bits per heavy atom. The van der Waals surface area contributed by atoms with Gasteiger partial charge in [0.2, 0.25) is 0 Å². The summed E-state index contributed by atoms with van der Waals surface area (Å²) in [6.07, 6.45) is 0. The molecular formula is C26H23NO6. The van der Waals surface area contributed by atoms with Gasteiger partial charge in [-0.15, -0.1) is 0 Å². The van der Waals surface area contributed by atoms with Gasteiger partial charge in [0, 0.05) is 19.2 Å². The summed E-state index contributed by atoms with van der Waals surface area (Å²) in [4.78, 5) is 27.7. The predicted molar refractivity (Wildman–Crippen MR) is 122 cm³/mol. The molecule has 2 aliphatic rings. The van der Waals surface area contributed by atoms with Gasteiger partial charge in [-0.2, -0.15) is 0 Å². The molecule has 1 unspecified atom stereocenters. The molecule has 0 saturated carbocycles. The zero-order chi connectivity index (χ0) is 22.9. The largest absolute Gasteiger partial charge is 0.507 e. The monoisotopic (exact) mass is 445 g/mol. The SMILES string of the molecule is COCCN1C(=O)C(=O)/C(=C(\O)c2ccc3c(c2)OCCO3)C1c1cccc2ccccc12. The highest BCUT2D eigenvalue weighted by molar-refractivity contribution is 6.46. The zero-order valence-electron chi connectivity index (χ0n) is 18.1. The van der Waals surface area contributed by atoms with E-state index in [0.717, 1.165) is 16.3 Å². The first-order valence-electron chi connectivity index (χ1n) is 10.7. The van der Waals surface area contributed by atoms with Crippen LogP contribution in [0, 0.1) is 0 Å². The Balaban J connectivity index is 1.70. The van der Waals surface area contributed by atoms with Crippen molar-refractivity contribution in [1.29, 1.82) is 0 Å². The number of rotatable bonds is 5. The third-order valence-corrected chi connectivity index (χ3v) is 6.01. The minimum atomic E-state index is -0.751. The van der Waals surface area contributed by atoms with Gasteiger partial charge in [0.25, 0.3) is 11.7 Å². The van der Waals surface area contributed by atoms with Crippen molar-refractivity contribution < 1.29 is 28.9 Å². The van der Waals surface area contributed by atoms with Gasteiger partial charge in [-0.1, -0.05) is 42.5 Å². The van der Waals surface area contributed by atoms with E-state index in [4.69, 9.17) is 14.2 Å². The summed E-state index contributed by atoms with van der Waals surface area (Å²) in [6, 6.07) is 17.7. The highest BCUT2D eigenvalue weighted by Crippen LogP contribution is 2.42. The summed E-state index contributed by atoms with van der Waals surface area (Å²) in [5.41, 5.74) is 1.20. The van der Waals surface area contributed by atoms with Gasteiger partial charge in [0.05, 0.1) is 18.2 Å². The molecule has 3 aromatic rings. The van der Waals surface area contributed by atoms with E-state index in [1.165, 1.54) is 4.90 Å². The molecule has 0 spiro atoms. The quantitative estimate of drug-likeness (QED) is 0.366. The fraction of sp³-hybridized carbons (Fsp3) is 0.231. The van der Waals surface area contributed by atoms with Crippen LogP contribution in [0.15, 0.2) is 66.2 Å². The third kappa shape index (κ3) is 3.60. The molecule has 2 aliphatic heterocycles. The molecule has 2 heterocycles. The number of nitrogens with zero attached hydrogens (tertiary/aromatic N) is 1. The number of benzene rings is 3. The number of aliphatic hydroxyl groups excluding tert-OH is 1. The number of ketones is 1. The highest BCUT2D eigenvalue weighted by Gasteiger charge is 2.46. The number of carbonyl (C=O) groups is 2. The normalized spacial score (nSPS) is 19.3. The molecule has 0 aromatic heterocycles. The van der Waals surface area contributed by atoms with Gasteiger partial charge in [0.1, 0.15) is 19.0 Å². The van der Waals surface area contributed by atoms with E-state index in [2.05, 4.69) is 0 Å². The van der Waals surface area contributed by atoms with Crippen LogP contribution in [0.4, 0.5) is 0 Å². The van der Waals surface area contributed by atoms with Crippen molar-refractivity contribution in [2.45, 2.75) is 6.04 Å². The third-order valence-electron chi connectivity index (χ3n) is 6.01. The van der Waals surface area contributed by atoms with Crippen LogP contribution in [0.25, 0.3) is 16.5 Å². The lowest BCUT2D eigenvalue weighted by Crippen LogP contribution is -2.32. The topological polar surface area (TPSA) is 85.3 Å². The molecule has 5 rings (SSSR count). The molecule has 33 heavy (non-hydrogen) atoms. The Morgan fingerprint density at radius 2 is 1.79 bits per heavy atom. The number of methoxy groups -OCH3 is 1. The average molecular weight is 445 g/mol. The second-order valence-corrected chi connectivity index (χ2v) is 7.91. The van der Waals surface area contributed by atoms with E-state index in [0.29, 0.717) is 30.3 Å². The van der Waals surface area contributed by atoms with Crippen LogP contribution in [0.1, 0.15) is 17.2 Å². The average Bonchev–Trinajstić information content (AvgIpc) is 3.11. The number of likely N-dealkylation sites (tertiary alicyclic amines) is 1. The van der Waals surface area contributed by atoms with Crippen molar-refractivity contribution in [2.24, 2.45) is 0 Å². The van der Waals surface area contributed by atoms with E-state index >= 15 is 0 Å². The molecule has 1 saturated heterocycles. The molecule has 168 valence electrons. The summed E-state index contributed by atoms with van der Waals surface area (Å²) in [5, 5.41) is 13.2. The van der Waals surface area contributed by atoms with Crippen molar-refractivity contribution >= 4 is 28.2 Å². The Labute approximate surface area is 190 Å². The summed E-state index contributed by atoms with van der Waals surface area (Å²) in [7, 11) is 1.54. The molecule has 0 aliphatic carbocycles. The molecule has 1 fully saturated rings. The molecular weight excluding hydrogens is 422 g/mol. The van der Waals surface area contributed by atoms with Gasteiger partial charge in [-0.25, -0.2) is 0 Å². The minimum absolute atomic E-state index is 0.0455. The molecule has 1 amide bonds. The van der Waals surface area contributed by atoms with E-state index in [1.54, 1.807) is 25.3 Å². The van der Waals surface area contributed by atoms with Crippen LogP contribution in [0.2, 0.25) is 0 Å². The fourth-order valence-corrected chi connectivity index (χ4v) is 4.46. The highest BCUT2D eigenvalue weighted by atomic mass is 16.6. The lowest BCUT2D eigenvalue weighted by atomic mass is 9.91. The molecule has 0 bridgehead atoms. The first-order valence-corrected chi connectivity index (χ1v) is 10.7. The van der Waals surface area contributed by atoms with Crippen molar-refractivity contribution in [2.75, 3.05) is 33.5 Å². The van der Waals surface area contributed by atoms with Crippen LogP contribution >= 0.6 is 0 Å². The van der Waals surface area contributed by atoms with Crippen molar-refractivity contribution in [3.63, 3.8) is 0 Å². The summed E-state index contributed by atoms with van der Waals surface area (Å²) >= 11 is 0. The van der Waals surface area contributed by atoms with E-state index in [9.17, 15) is 14.7 Å². The molecule has 7 heteroatoms. The number of hydrogen-bond acceptors (Lipinski definition) is 6. The number of fused-ring (bicyclic) bond motifs is 2. The van der Waals surface area contributed by atoms with Crippen molar-refractivity contribution in [3.8, 4) is 11.5 Å². The standard InChI is InChI=1S/C26H23NO6/c1-31-12-11-27-23(19-8-4-6-16-5-2-3-7-18(16)19)22(25(29)26(27)30)24(28)17-9-10-20-21(15-17)33-14-13-32-20/h2-10,15,23,28H,11-14H2,1H3/b24-22-. The molecule has 1 N–H and O–H groups in total. The second-order valence-electron chi connectivity index (χ2n) is 7.91. The summed E-state index contributed by atoms with van der Waals surface area (Å²) in [5.74, 6) is -0.576. The number of ether oxygens (including phenoxy) is 3. The van der Waals surface area contributed by atoms with Crippen molar-refractivity contribution in [1.82, 2.24) is 4.90 Å². The summed E-state index contributed by atoms with van der Waals surface area (Å²) in [6.45, 7) is 1.32. The van der Waals surface area contributed by atoms with Crippen molar-refractivity contribution in [3.05, 3.63) is 77.4 Å². The number of Topliss-reactive ketones (excluding diaryl/α,β-unsaturated/α-hetero) is 1. The number of amides is 1. The van der Waals surface area contributed by atoms with Gasteiger partial charge < -0.3 is 24.2 Å². The maximum Gasteiger partial charge on any atom is 0.295 e. The Kier molecular flexibility index (Phi) is 5.48. The van der Waals surface area contributed by atoms with E-state index in [1.807, 2.05) is 42.5 Å². The second kappa shape index (κ2) is 8.60. The fourth-order valence-electron chi connectivity index (χ4n) is 4.46. The Bertz CT molecular complexity index is 1280. The molecule has 1 atom stereocenters. The lowest BCUT2D eigenvalue weighted by Gasteiger charge is -2.26. The maximum atomic E-state index is 13.2.